The summed E-state index contributed by atoms with van der Waals surface area (Å²) in [5.41, 5.74) is 2.64. The molecule has 2 N–H and O–H groups in total. The average Bonchev–Trinajstić information content (AvgIpc) is 2.81. The molecule has 154 valence electrons. The van der Waals surface area contributed by atoms with E-state index in [9.17, 15) is 9.59 Å². The molecule has 0 saturated heterocycles. The van der Waals surface area contributed by atoms with Crippen LogP contribution in [0.4, 0.5) is 0 Å². The second-order valence-corrected chi connectivity index (χ2v) is 6.36. The smallest absolute Gasteiger partial charge is 0.251 e. The standard InChI is InChI=1S/C22H22N4O4/c1-29-19-9-3-15(11-23-19)13-25-21(27)17-5-7-18(8-6-17)22(28)26-14-16-4-10-20(30-2)24-12-16/h3-12H,13-14H2,1-2H3,(H,25,27)(H,26,28). The fourth-order valence-corrected chi connectivity index (χ4v) is 2.61. The number of rotatable bonds is 8. The second kappa shape index (κ2) is 10.0. The maximum atomic E-state index is 12.3. The van der Waals surface area contributed by atoms with Gasteiger partial charge in [-0.3, -0.25) is 9.59 Å². The van der Waals surface area contributed by atoms with Crippen molar-refractivity contribution in [2.45, 2.75) is 13.1 Å². The van der Waals surface area contributed by atoms with Crippen LogP contribution in [-0.2, 0) is 13.1 Å². The van der Waals surface area contributed by atoms with Crippen molar-refractivity contribution < 1.29 is 19.1 Å². The van der Waals surface area contributed by atoms with Gasteiger partial charge < -0.3 is 20.1 Å². The van der Waals surface area contributed by atoms with Crippen molar-refractivity contribution in [2.24, 2.45) is 0 Å². The Morgan fingerprint density at radius 1 is 0.700 bits per heavy atom. The molecular weight excluding hydrogens is 384 g/mol. The van der Waals surface area contributed by atoms with Crippen LogP contribution < -0.4 is 20.1 Å². The zero-order valence-corrected chi connectivity index (χ0v) is 16.7. The largest absolute Gasteiger partial charge is 0.481 e. The number of hydrogen-bond donors (Lipinski definition) is 2. The van der Waals surface area contributed by atoms with E-state index in [1.54, 1.807) is 63.0 Å². The summed E-state index contributed by atoms with van der Waals surface area (Å²) in [6.45, 7) is 0.682. The first kappa shape index (κ1) is 20.8. The third-order valence-electron chi connectivity index (χ3n) is 4.33. The van der Waals surface area contributed by atoms with Crippen molar-refractivity contribution in [1.82, 2.24) is 20.6 Å². The highest BCUT2D eigenvalue weighted by Gasteiger charge is 2.09. The third-order valence-corrected chi connectivity index (χ3v) is 4.33. The van der Waals surface area contributed by atoms with Gasteiger partial charge in [0, 0.05) is 48.7 Å². The SMILES string of the molecule is COc1ccc(CNC(=O)c2ccc(C(=O)NCc3ccc(OC)nc3)cc2)cn1. The molecule has 2 aromatic heterocycles. The number of methoxy groups -OCH3 is 2. The lowest BCUT2D eigenvalue weighted by atomic mass is 10.1. The van der Waals surface area contributed by atoms with Crippen molar-refractivity contribution in [2.75, 3.05) is 14.2 Å². The van der Waals surface area contributed by atoms with Gasteiger partial charge in [-0.25, -0.2) is 9.97 Å². The Bertz CT molecular complexity index is 905. The lowest BCUT2D eigenvalue weighted by Gasteiger charge is -2.08. The summed E-state index contributed by atoms with van der Waals surface area (Å²) in [4.78, 5) is 32.8. The topological polar surface area (TPSA) is 102 Å². The van der Waals surface area contributed by atoms with Crippen LogP contribution in [0.3, 0.4) is 0 Å². The van der Waals surface area contributed by atoms with E-state index in [2.05, 4.69) is 20.6 Å². The molecule has 8 nitrogen and oxygen atoms in total. The number of amides is 2. The molecule has 0 atom stereocenters. The van der Waals surface area contributed by atoms with Crippen molar-refractivity contribution in [3.8, 4) is 11.8 Å². The van der Waals surface area contributed by atoms with E-state index in [1.165, 1.54) is 0 Å². The van der Waals surface area contributed by atoms with Crippen LogP contribution in [0, 0.1) is 0 Å². The minimum atomic E-state index is -0.234. The first-order chi connectivity index (χ1) is 14.6. The summed E-state index contributed by atoms with van der Waals surface area (Å²) >= 11 is 0. The van der Waals surface area contributed by atoms with Crippen LogP contribution in [0.1, 0.15) is 31.8 Å². The summed E-state index contributed by atoms with van der Waals surface area (Å²) < 4.78 is 10.0. The van der Waals surface area contributed by atoms with Crippen LogP contribution in [0.5, 0.6) is 11.8 Å². The summed E-state index contributed by atoms with van der Waals surface area (Å²) in [7, 11) is 3.09. The summed E-state index contributed by atoms with van der Waals surface area (Å²) in [5, 5.41) is 5.64. The number of carbonyl (C=O) groups is 2. The summed E-state index contributed by atoms with van der Waals surface area (Å²) in [5.74, 6) is 0.563. The molecule has 3 rings (SSSR count). The molecule has 0 spiro atoms. The van der Waals surface area contributed by atoms with E-state index >= 15 is 0 Å². The average molecular weight is 406 g/mol. The molecule has 8 heteroatoms. The summed E-state index contributed by atoms with van der Waals surface area (Å²) in [6.07, 6.45) is 3.29. The molecule has 0 aliphatic rings. The monoisotopic (exact) mass is 406 g/mol. The van der Waals surface area contributed by atoms with E-state index in [-0.39, 0.29) is 11.8 Å². The summed E-state index contributed by atoms with van der Waals surface area (Å²) in [6, 6.07) is 13.6. The second-order valence-electron chi connectivity index (χ2n) is 6.36. The van der Waals surface area contributed by atoms with Crippen LogP contribution in [0.2, 0.25) is 0 Å². The Morgan fingerprint density at radius 3 is 1.40 bits per heavy atom. The Kier molecular flexibility index (Phi) is 6.94. The van der Waals surface area contributed by atoms with Gasteiger partial charge in [0.15, 0.2) is 0 Å². The zero-order chi connectivity index (χ0) is 21.3. The van der Waals surface area contributed by atoms with Gasteiger partial charge in [-0.1, -0.05) is 12.1 Å². The van der Waals surface area contributed by atoms with Gasteiger partial charge in [-0.2, -0.15) is 0 Å². The number of hydrogen-bond acceptors (Lipinski definition) is 6. The number of nitrogens with zero attached hydrogens (tertiary/aromatic N) is 2. The van der Waals surface area contributed by atoms with Crippen LogP contribution >= 0.6 is 0 Å². The van der Waals surface area contributed by atoms with Gasteiger partial charge in [0.2, 0.25) is 11.8 Å². The van der Waals surface area contributed by atoms with E-state index in [0.717, 1.165) is 11.1 Å². The molecule has 1 aromatic carbocycles. The lowest BCUT2D eigenvalue weighted by molar-refractivity contribution is 0.0939. The molecule has 0 aliphatic carbocycles. The molecule has 0 aliphatic heterocycles. The normalized spacial score (nSPS) is 10.2. The van der Waals surface area contributed by atoms with E-state index < -0.39 is 0 Å². The van der Waals surface area contributed by atoms with E-state index in [0.29, 0.717) is 36.0 Å². The van der Waals surface area contributed by atoms with Crippen LogP contribution in [0.25, 0.3) is 0 Å². The van der Waals surface area contributed by atoms with Crippen molar-refractivity contribution >= 4 is 11.8 Å². The first-order valence-corrected chi connectivity index (χ1v) is 9.23. The zero-order valence-electron chi connectivity index (χ0n) is 16.7. The van der Waals surface area contributed by atoms with Gasteiger partial charge in [-0.05, 0) is 35.4 Å². The lowest BCUT2D eigenvalue weighted by Crippen LogP contribution is -2.24. The number of ether oxygens (including phenoxy) is 2. The number of carbonyl (C=O) groups excluding carboxylic acids is 2. The van der Waals surface area contributed by atoms with Crippen molar-refractivity contribution in [1.29, 1.82) is 0 Å². The highest BCUT2D eigenvalue weighted by Crippen LogP contribution is 2.09. The Morgan fingerprint density at radius 2 is 1.10 bits per heavy atom. The fraction of sp³-hybridized carbons (Fsp3) is 0.182. The van der Waals surface area contributed by atoms with Crippen LogP contribution in [-0.4, -0.2) is 36.0 Å². The minimum absolute atomic E-state index is 0.234. The third kappa shape index (κ3) is 5.54. The molecule has 0 saturated carbocycles. The molecule has 0 bridgehead atoms. The Balaban J connectivity index is 1.51. The molecule has 2 heterocycles. The molecule has 0 fully saturated rings. The van der Waals surface area contributed by atoms with Gasteiger partial charge in [0.05, 0.1) is 14.2 Å². The fourth-order valence-electron chi connectivity index (χ4n) is 2.61. The predicted molar refractivity (Wildman–Crippen MR) is 110 cm³/mol. The number of nitrogens with one attached hydrogen (secondary N) is 2. The Labute approximate surface area is 174 Å². The highest BCUT2D eigenvalue weighted by molar-refractivity contribution is 5.97. The highest BCUT2D eigenvalue weighted by atomic mass is 16.5. The number of pyridine rings is 2. The molecular formula is C22H22N4O4. The van der Waals surface area contributed by atoms with Gasteiger partial charge in [-0.15, -0.1) is 0 Å². The number of benzene rings is 1. The van der Waals surface area contributed by atoms with Gasteiger partial charge >= 0.3 is 0 Å². The minimum Gasteiger partial charge on any atom is -0.481 e. The van der Waals surface area contributed by atoms with E-state index in [4.69, 9.17) is 9.47 Å². The molecule has 3 aromatic rings. The molecule has 30 heavy (non-hydrogen) atoms. The van der Waals surface area contributed by atoms with Crippen LogP contribution in [0.15, 0.2) is 60.9 Å². The Hall–Kier alpha value is -3.94. The van der Waals surface area contributed by atoms with Gasteiger partial charge in [0.25, 0.3) is 11.8 Å². The number of aromatic nitrogens is 2. The maximum Gasteiger partial charge on any atom is 0.251 e. The molecule has 0 unspecified atom stereocenters. The van der Waals surface area contributed by atoms with Gasteiger partial charge in [0.1, 0.15) is 0 Å². The van der Waals surface area contributed by atoms with Crippen molar-refractivity contribution in [3.05, 3.63) is 83.2 Å². The molecule has 2 amide bonds. The predicted octanol–water partition coefficient (Wildman–Crippen LogP) is 2.35. The quantitative estimate of drug-likeness (QED) is 0.595. The maximum absolute atomic E-state index is 12.3. The molecule has 0 radical (unpaired) electrons. The van der Waals surface area contributed by atoms with Crippen molar-refractivity contribution in [3.63, 3.8) is 0 Å². The van der Waals surface area contributed by atoms with E-state index in [1.807, 2.05) is 12.1 Å². The first-order valence-electron chi connectivity index (χ1n) is 9.23.